The van der Waals surface area contributed by atoms with Crippen LogP contribution in [0.3, 0.4) is 0 Å². The van der Waals surface area contributed by atoms with Crippen molar-refractivity contribution in [1.82, 2.24) is 5.32 Å². The van der Waals surface area contributed by atoms with Crippen LogP contribution in [-0.2, 0) is 4.79 Å². The van der Waals surface area contributed by atoms with Gasteiger partial charge in [-0.1, -0.05) is 13.3 Å². The van der Waals surface area contributed by atoms with Crippen molar-refractivity contribution in [3.05, 3.63) is 0 Å². The van der Waals surface area contributed by atoms with Crippen molar-refractivity contribution in [2.45, 2.75) is 52.2 Å². The second-order valence-corrected chi connectivity index (χ2v) is 4.40. The van der Waals surface area contributed by atoms with E-state index in [0.29, 0.717) is 6.54 Å². The van der Waals surface area contributed by atoms with E-state index >= 15 is 0 Å². The van der Waals surface area contributed by atoms with Crippen LogP contribution in [0.2, 0.25) is 0 Å². The van der Waals surface area contributed by atoms with Gasteiger partial charge in [0.05, 0.1) is 6.10 Å². The van der Waals surface area contributed by atoms with Crippen LogP contribution < -0.4 is 11.1 Å². The summed E-state index contributed by atoms with van der Waals surface area (Å²) in [5.74, 6) is 0.0167. The van der Waals surface area contributed by atoms with Crippen molar-refractivity contribution < 1.29 is 9.90 Å². The van der Waals surface area contributed by atoms with E-state index in [1.165, 1.54) is 0 Å². The van der Waals surface area contributed by atoms with E-state index in [1.54, 1.807) is 6.92 Å². The first-order chi connectivity index (χ1) is 6.93. The minimum atomic E-state index is -0.481. The highest BCUT2D eigenvalue weighted by atomic mass is 16.3. The topological polar surface area (TPSA) is 75.4 Å². The van der Waals surface area contributed by atoms with Crippen molar-refractivity contribution in [2.24, 2.45) is 11.7 Å². The maximum atomic E-state index is 11.5. The number of hydrogen-bond acceptors (Lipinski definition) is 3. The van der Waals surface area contributed by atoms with E-state index in [9.17, 15) is 4.79 Å². The average Bonchev–Trinajstić information content (AvgIpc) is 2.13. The Bertz CT molecular complexity index is 181. The molecule has 2 unspecified atom stereocenters. The average molecular weight is 216 g/mol. The summed E-state index contributed by atoms with van der Waals surface area (Å²) >= 11 is 0. The van der Waals surface area contributed by atoms with Crippen molar-refractivity contribution in [2.75, 3.05) is 6.54 Å². The number of nitrogens with one attached hydrogen (secondary N) is 1. The second-order valence-electron chi connectivity index (χ2n) is 4.40. The molecule has 0 aromatic rings. The van der Waals surface area contributed by atoms with Gasteiger partial charge in [0.15, 0.2) is 0 Å². The summed E-state index contributed by atoms with van der Waals surface area (Å²) in [6.07, 6.45) is 2.30. The maximum absolute atomic E-state index is 11.5. The molecule has 90 valence electrons. The van der Waals surface area contributed by atoms with Crippen LogP contribution in [0.15, 0.2) is 0 Å². The number of amides is 1. The molecule has 15 heavy (non-hydrogen) atoms. The van der Waals surface area contributed by atoms with Crippen LogP contribution in [0.4, 0.5) is 0 Å². The lowest BCUT2D eigenvalue weighted by Gasteiger charge is -2.13. The molecule has 0 bridgehead atoms. The van der Waals surface area contributed by atoms with E-state index in [2.05, 4.69) is 5.32 Å². The smallest absolute Gasteiger partial charge is 0.222 e. The Morgan fingerprint density at radius 1 is 1.33 bits per heavy atom. The maximum Gasteiger partial charge on any atom is 0.222 e. The van der Waals surface area contributed by atoms with Crippen molar-refractivity contribution in [3.8, 4) is 0 Å². The molecule has 0 aliphatic rings. The number of carbonyl (C=O) groups is 1. The van der Waals surface area contributed by atoms with Gasteiger partial charge in [-0.2, -0.15) is 0 Å². The fourth-order valence-corrected chi connectivity index (χ4v) is 1.30. The molecule has 3 atom stereocenters. The van der Waals surface area contributed by atoms with Gasteiger partial charge in [0.25, 0.3) is 0 Å². The molecule has 0 spiro atoms. The number of hydrogen-bond donors (Lipinski definition) is 3. The third-order valence-electron chi connectivity index (χ3n) is 2.32. The predicted octanol–water partition coefficient (Wildman–Crippen LogP) is 0.637. The summed E-state index contributed by atoms with van der Waals surface area (Å²) in [5, 5.41) is 11.7. The second kappa shape index (κ2) is 7.65. The Hall–Kier alpha value is -0.610. The zero-order valence-electron chi connectivity index (χ0n) is 9.99. The van der Waals surface area contributed by atoms with Gasteiger partial charge < -0.3 is 16.2 Å². The quantitative estimate of drug-likeness (QED) is 0.584. The van der Waals surface area contributed by atoms with Crippen LogP contribution in [-0.4, -0.2) is 29.7 Å². The first-order valence-electron chi connectivity index (χ1n) is 5.64. The summed E-state index contributed by atoms with van der Waals surface area (Å²) in [6.45, 7) is 5.86. The number of nitrogens with two attached hydrogens (primary N) is 1. The molecule has 0 aromatic heterocycles. The molecule has 0 fully saturated rings. The summed E-state index contributed by atoms with van der Waals surface area (Å²) in [5.41, 5.74) is 5.62. The number of rotatable bonds is 7. The molecule has 4 nitrogen and oxygen atoms in total. The van der Waals surface area contributed by atoms with Crippen LogP contribution in [0.25, 0.3) is 0 Å². The van der Waals surface area contributed by atoms with Gasteiger partial charge >= 0.3 is 0 Å². The molecule has 0 aromatic carbocycles. The standard InChI is InChI=1S/C11H24N2O2/c1-8(5-4-6-9(2)12)11(15)13-7-10(3)14/h8-10,14H,4-7,12H2,1-3H3,(H,13,15)/t8?,9?,10-/m1/s1. The summed E-state index contributed by atoms with van der Waals surface area (Å²) in [4.78, 5) is 11.5. The Labute approximate surface area is 92.2 Å². The highest BCUT2D eigenvalue weighted by Gasteiger charge is 2.12. The highest BCUT2D eigenvalue weighted by molar-refractivity contribution is 5.78. The molecular formula is C11H24N2O2. The van der Waals surface area contributed by atoms with Gasteiger partial charge in [0.2, 0.25) is 5.91 Å². The first-order valence-corrected chi connectivity index (χ1v) is 5.64. The SMILES string of the molecule is CC(N)CCCC(C)C(=O)NC[C@@H](C)O. The molecule has 4 heteroatoms. The van der Waals surface area contributed by atoms with Crippen LogP contribution in [0.5, 0.6) is 0 Å². The Kier molecular flexibility index (Phi) is 7.34. The third-order valence-corrected chi connectivity index (χ3v) is 2.32. The largest absolute Gasteiger partial charge is 0.392 e. The lowest BCUT2D eigenvalue weighted by molar-refractivity contribution is -0.125. The summed E-state index contributed by atoms with van der Waals surface area (Å²) < 4.78 is 0. The van der Waals surface area contributed by atoms with Gasteiger partial charge in [-0.25, -0.2) is 0 Å². The monoisotopic (exact) mass is 216 g/mol. The van der Waals surface area contributed by atoms with Crippen molar-refractivity contribution in [1.29, 1.82) is 0 Å². The third kappa shape index (κ3) is 8.39. The van der Waals surface area contributed by atoms with E-state index < -0.39 is 6.10 Å². The summed E-state index contributed by atoms with van der Waals surface area (Å²) in [7, 11) is 0. The molecule has 0 rings (SSSR count). The Morgan fingerprint density at radius 3 is 2.40 bits per heavy atom. The van der Waals surface area contributed by atoms with Gasteiger partial charge in [0.1, 0.15) is 0 Å². The zero-order chi connectivity index (χ0) is 11.8. The van der Waals surface area contributed by atoms with Crippen LogP contribution in [0, 0.1) is 5.92 Å². The van der Waals surface area contributed by atoms with Crippen LogP contribution >= 0.6 is 0 Å². The molecule has 4 N–H and O–H groups in total. The first kappa shape index (κ1) is 14.4. The Balaban J connectivity index is 3.60. The lowest BCUT2D eigenvalue weighted by Crippen LogP contribution is -2.34. The van der Waals surface area contributed by atoms with Crippen LogP contribution in [0.1, 0.15) is 40.0 Å². The number of aliphatic hydroxyl groups excluding tert-OH is 1. The molecule has 0 aliphatic carbocycles. The van der Waals surface area contributed by atoms with Gasteiger partial charge in [-0.15, -0.1) is 0 Å². The fraction of sp³-hybridized carbons (Fsp3) is 0.909. The minimum absolute atomic E-state index is 0.00231. The Morgan fingerprint density at radius 2 is 1.93 bits per heavy atom. The fourth-order valence-electron chi connectivity index (χ4n) is 1.30. The number of carbonyl (C=O) groups excluding carboxylic acids is 1. The van der Waals surface area contributed by atoms with E-state index in [1.807, 2.05) is 13.8 Å². The molecular weight excluding hydrogens is 192 g/mol. The molecule has 1 amide bonds. The molecule has 0 aliphatic heterocycles. The van der Waals surface area contributed by atoms with E-state index in [4.69, 9.17) is 10.8 Å². The highest BCUT2D eigenvalue weighted by Crippen LogP contribution is 2.08. The van der Waals surface area contributed by atoms with E-state index in [-0.39, 0.29) is 17.9 Å². The van der Waals surface area contributed by atoms with Crippen molar-refractivity contribution >= 4 is 5.91 Å². The normalized spacial score (nSPS) is 16.9. The van der Waals surface area contributed by atoms with Crippen molar-refractivity contribution in [3.63, 3.8) is 0 Å². The van der Waals surface area contributed by atoms with Gasteiger partial charge in [-0.05, 0) is 26.7 Å². The van der Waals surface area contributed by atoms with Gasteiger partial charge in [-0.3, -0.25) is 4.79 Å². The molecule has 0 radical (unpaired) electrons. The zero-order valence-corrected chi connectivity index (χ0v) is 9.99. The molecule has 0 saturated carbocycles. The minimum Gasteiger partial charge on any atom is -0.392 e. The summed E-state index contributed by atoms with van der Waals surface area (Å²) in [6, 6.07) is 0.206. The lowest BCUT2D eigenvalue weighted by atomic mass is 10.0. The van der Waals surface area contributed by atoms with E-state index in [0.717, 1.165) is 19.3 Å². The number of aliphatic hydroxyl groups is 1. The molecule has 0 heterocycles. The van der Waals surface area contributed by atoms with Gasteiger partial charge in [0, 0.05) is 18.5 Å². The predicted molar refractivity (Wildman–Crippen MR) is 61.4 cm³/mol. The molecule has 0 saturated heterocycles.